The normalized spacial score (nSPS) is 12.2. The molecule has 0 aliphatic carbocycles. The molecule has 2 aromatic carbocycles. The van der Waals surface area contributed by atoms with Crippen LogP contribution in [0, 0.1) is 0 Å². The Morgan fingerprint density at radius 1 is 1.00 bits per heavy atom. The van der Waals surface area contributed by atoms with Crippen molar-refractivity contribution in [2.45, 2.75) is 35.8 Å². The van der Waals surface area contributed by atoms with Crippen molar-refractivity contribution in [3.8, 4) is 34.0 Å². The highest BCUT2D eigenvalue weighted by molar-refractivity contribution is 7.92. The Labute approximate surface area is 214 Å². The Morgan fingerprint density at radius 3 is 2.22 bits per heavy atom. The van der Waals surface area contributed by atoms with Crippen LogP contribution in [0.1, 0.15) is 19.4 Å². The molecule has 0 radical (unpaired) electrons. The summed E-state index contributed by atoms with van der Waals surface area (Å²) in [6.07, 6.45) is 1.55. The molecule has 3 N–H and O–H groups in total. The van der Waals surface area contributed by atoms with Crippen LogP contribution < -0.4 is 11.1 Å². The molecule has 0 aliphatic rings. The molecule has 0 unspecified atom stereocenters. The predicted molar refractivity (Wildman–Crippen MR) is 150 cm³/mol. The number of hydrogen-bond acceptors (Lipinski definition) is 8. The number of nitrogens with one attached hydrogen (secondary N) is 1. The largest absolute Gasteiger partial charge is 0.382 e. The average Bonchev–Trinajstić information content (AvgIpc) is 3.33. The smallest absolute Gasteiger partial charge is 0.189 e. The number of nitrogens with zero attached hydrogens (tertiary/aromatic N) is 3. The summed E-state index contributed by atoms with van der Waals surface area (Å²) >= 11 is 0. The lowest BCUT2D eigenvalue weighted by Crippen LogP contribution is -2.46. The summed E-state index contributed by atoms with van der Waals surface area (Å²) in [6, 6.07) is 16.5. The summed E-state index contributed by atoms with van der Waals surface area (Å²) in [5.41, 5.74) is 10.5. The molecule has 36 heavy (non-hydrogen) atoms. The van der Waals surface area contributed by atoms with Crippen molar-refractivity contribution >= 4 is 39.2 Å². The lowest BCUT2D eigenvalue weighted by atomic mass is 9.49. The van der Waals surface area contributed by atoms with E-state index in [1.54, 1.807) is 50.4 Å². The Morgan fingerprint density at radius 2 is 1.61 bits per heavy atom. The molecule has 0 bridgehead atoms. The van der Waals surface area contributed by atoms with Crippen LogP contribution in [0.15, 0.2) is 70.2 Å². The molecular formula is C24H28B3N5O3S. The van der Waals surface area contributed by atoms with E-state index >= 15 is 0 Å². The lowest BCUT2D eigenvalue weighted by Gasteiger charge is -2.20. The molecule has 8 nitrogen and oxygen atoms in total. The van der Waals surface area contributed by atoms with Gasteiger partial charge in [0.1, 0.15) is 29.2 Å². The number of hydrogen-bond donors (Lipinski definition) is 2. The molecule has 12 heteroatoms. The first-order chi connectivity index (χ1) is 16.9. The standard InChI is InChI=1S/C24H28B3N5O3S/c1-14(2)36(33,34)18-9-7-17(8-10-18)20-13-29-23(28)22(31-20)21-11-19(32-35-21)16-5-3-15(4-6-16)12-30-24(25,26)27/h3-11,13-14,30H,12,25-27H2,1-2H3,(H2,28,29). The first-order valence-electron chi connectivity index (χ1n) is 11.7. The molecular weight excluding hydrogens is 471 g/mol. The fourth-order valence-corrected chi connectivity index (χ4v) is 4.55. The Kier molecular flexibility index (Phi) is 7.11. The Bertz CT molecular complexity index is 1470. The molecule has 0 aliphatic heterocycles. The second-order valence-corrected chi connectivity index (χ2v) is 12.5. The Hall–Kier alpha value is -3.37. The molecule has 4 aromatic rings. The molecule has 0 atom stereocenters. The molecule has 182 valence electrons. The van der Waals surface area contributed by atoms with E-state index < -0.39 is 15.1 Å². The van der Waals surface area contributed by atoms with Crippen LogP contribution in [0.5, 0.6) is 0 Å². The van der Waals surface area contributed by atoms with Crippen LogP contribution in [0.4, 0.5) is 5.82 Å². The zero-order chi connectivity index (χ0) is 26.1. The van der Waals surface area contributed by atoms with Gasteiger partial charge in [0.15, 0.2) is 27.1 Å². The zero-order valence-electron chi connectivity index (χ0n) is 21.1. The molecule has 2 heterocycles. The topological polar surface area (TPSA) is 124 Å². The van der Waals surface area contributed by atoms with E-state index in [9.17, 15) is 8.42 Å². The van der Waals surface area contributed by atoms with Crippen molar-refractivity contribution in [2.75, 3.05) is 5.73 Å². The predicted octanol–water partition coefficient (Wildman–Crippen LogP) is 0.830. The molecule has 2 aromatic heterocycles. The third kappa shape index (κ3) is 5.71. The number of benzene rings is 2. The van der Waals surface area contributed by atoms with Crippen molar-refractivity contribution in [1.82, 2.24) is 20.4 Å². The highest BCUT2D eigenvalue weighted by Crippen LogP contribution is 2.30. The van der Waals surface area contributed by atoms with Crippen molar-refractivity contribution in [1.29, 1.82) is 0 Å². The molecule has 0 saturated heterocycles. The molecule has 4 rings (SSSR count). The Balaban J connectivity index is 1.57. The fraction of sp³-hybridized carbons (Fsp3) is 0.208. The quantitative estimate of drug-likeness (QED) is 0.342. The van der Waals surface area contributed by atoms with Gasteiger partial charge in [0.25, 0.3) is 0 Å². The van der Waals surface area contributed by atoms with Gasteiger partial charge >= 0.3 is 0 Å². The van der Waals surface area contributed by atoms with E-state index in [4.69, 9.17) is 10.3 Å². The zero-order valence-corrected chi connectivity index (χ0v) is 21.9. The minimum Gasteiger partial charge on any atom is -0.382 e. The number of anilines is 1. The van der Waals surface area contributed by atoms with Crippen LogP contribution in [-0.4, -0.2) is 57.6 Å². The van der Waals surface area contributed by atoms with E-state index in [-0.39, 0.29) is 16.0 Å². The first kappa shape index (κ1) is 25.7. The van der Waals surface area contributed by atoms with Gasteiger partial charge in [0.2, 0.25) is 0 Å². The van der Waals surface area contributed by atoms with E-state index in [1.807, 2.05) is 12.1 Å². The van der Waals surface area contributed by atoms with Gasteiger partial charge in [0.05, 0.1) is 22.0 Å². The summed E-state index contributed by atoms with van der Waals surface area (Å²) in [7, 11) is 3.05. The summed E-state index contributed by atoms with van der Waals surface area (Å²) in [4.78, 5) is 9.17. The van der Waals surface area contributed by atoms with Crippen molar-refractivity contribution in [2.24, 2.45) is 0 Å². The van der Waals surface area contributed by atoms with Crippen LogP contribution in [0.3, 0.4) is 0 Å². The number of sulfone groups is 1. The summed E-state index contributed by atoms with van der Waals surface area (Å²) in [6.45, 7) is 4.09. The maximum Gasteiger partial charge on any atom is 0.189 e. The van der Waals surface area contributed by atoms with Gasteiger partial charge in [0, 0.05) is 23.7 Å². The fourth-order valence-electron chi connectivity index (χ4n) is 3.49. The first-order valence-corrected chi connectivity index (χ1v) is 13.3. The third-order valence-electron chi connectivity index (χ3n) is 5.72. The van der Waals surface area contributed by atoms with E-state index in [0.717, 1.165) is 12.1 Å². The van der Waals surface area contributed by atoms with Gasteiger partial charge < -0.3 is 15.6 Å². The SMILES string of the molecule is BC(B)(B)NCc1ccc(-c2cc(-c3nc(-c4ccc(S(=O)(=O)C(C)C)cc4)cnc3N)on2)cc1. The number of rotatable bonds is 8. The highest BCUT2D eigenvalue weighted by Gasteiger charge is 2.20. The minimum atomic E-state index is -3.35. The van der Waals surface area contributed by atoms with Gasteiger partial charge in [-0.25, -0.2) is 18.4 Å². The van der Waals surface area contributed by atoms with Gasteiger partial charge in [-0.3, -0.25) is 0 Å². The highest BCUT2D eigenvalue weighted by atomic mass is 32.2. The number of nitrogen functional groups attached to an aromatic ring is 1. The minimum absolute atomic E-state index is 0.0447. The summed E-state index contributed by atoms with van der Waals surface area (Å²) in [5.74, 6) is 0.610. The van der Waals surface area contributed by atoms with E-state index in [0.29, 0.717) is 28.4 Å². The van der Waals surface area contributed by atoms with Crippen LogP contribution in [0.25, 0.3) is 34.0 Å². The third-order valence-corrected chi connectivity index (χ3v) is 7.89. The van der Waals surface area contributed by atoms with Crippen LogP contribution in [0.2, 0.25) is 0 Å². The maximum atomic E-state index is 12.4. The lowest BCUT2D eigenvalue weighted by molar-refractivity contribution is 0.434. The number of aromatic nitrogens is 3. The van der Waals surface area contributed by atoms with Crippen molar-refractivity contribution in [3.63, 3.8) is 0 Å². The molecule has 0 spiro atoms. The van der Waals surface area contributed by atoms with E-state index in [1.165, 1.54) is 5.56 Å². The maximum absolute atomic E-state index is 12.4. The van der Waals surface area contributed by atoms with E-state index in [2.05, 4.69) is 56.1 Å². The van der Waals surface area contributed by atoms with Crippen molar-refractivity contribution < 1.29 is 12.9 Å². The molecule has 0 saturated carbocycles. The summed E-state index contributed by atoms with van der Waals surface area (Å²) < 4.78 is 30.4. The second-order valence-electron chi connectivity index (χ2n) is 9.98. The average molecular weight is 499 g/mol. The molecule has 0 fully saturated rings. The van der Waals surface area contributed by atoms with Gasteiger partial charge in [-0.05, 0) is 31.5 Å². The van der Waals surface area contributed by atoms with Crippen molar-refractivity contribution in [3.05, 3.63) is 66.4 Å². The summed E-state index contributed by atoms with van der Waals surface area (Å²) in [5, 5.41) is 7.21. The number of nitrogens with two attached hydrogens (primary N) is 1. The van der Waals surface area contributed by atoms with Crippen LogP contribution >= 0.6 is 0 Å². The second kappa shape index (κ2) is 9.95. The molecule has 0 amide bonds. The van der Waals surface area contributed by atoms with Gasteiger partial charge in [-0.15, -0.1) is 0 Å². The van der Waals surface area contributed by atoms with Gasteiger partial charge in [-0.2, -0.15) is 0 Å². The monoisotopic (exact) mass is 499 g/mol. The van der Waals surface area contributed by atoms with Crippen LogP contribution in [-0.2, 0) is 16.4 Å². The van der Waals surface area contributed by atoms with Gasteiger partial charge in [-0.1, -0.05) is 46.8 Å².